The first-order valence-electron chi connectivity index (χ1n) is 10.6. The number of rotatable bonds is 7. The Balaban J connectivity index is 1.58. The third-order valence-electron chi connectivity index (χ3n) is 4.96. The number of ether oxygens (including phenoxy) is 2. The number of esters is 1. The second kappa shape index (κ2) is 11.1. The van der Waals surface area contributed by atoms with E-state index in [0.717, 1.165) is 17.3 Å². The third kappa shape index (κ3) is 5.96. The first kappa shape index (κ1) is 25.0. The fourth-order valence-corrected chi connectivity index (χ4v) is 4.83. The Morgan fingerprint density at radius 2 is 1.80 bits per heavy atom. The topological polar surface area (TPSA) is 72.9 Å². The summed E-state index contributed by atoms with van der Waals surface area (Å²) in [6.45, 7) is 2.34. The second-order valence-electron chi connectivity index (χ2n) is 7.41. The van der Waals surface area contributed by atoms with Crippen LogP contribution in [0.25, 0.3) is 6.08 Å². The van der Waals surface area contributed by atoms with Gasteiger partial charge in [0.15, 0.2) is 11.5 Å². The highest BCUT2D eigenvalue weighted by atomic mass is 79.9. The Morgan fingerprint density at radius 1 is 1.09 bits per heavy atom. The van der Waals surface area contributed by atoms with Crippen molar-refractivity contribution >= 4 is 62.5 Å². The molecule has 6 nitrogen and oxygen atoms in total. The molecular formula is C26H19BrClNO5S. The summed E-state index contributed by atoms with van der Waals surface area (Å²) in [7, 11) is 0. The van der Waals surface area contributed by atoms with Gasteiger partial charge in [0.25, 0.3) is 11.1 Å². The summed E-state index contributed by atoms with van der Waals surface area (Å²) in [6, 6.07) is 19.0. The molecule has 3 aromatic carbocycles. The lowest BCUT2D eigenvalue weighted by atomic mass is 10.1. The molecule has 1 aliphatic heterocycles. The number of imide groups is 1. The quantitative estimate of drug-likeness (QED) is 0.173. The number of carbonyl (C=O) groups excluding carboxylic acids is 3. The standard InChI is InChI=1S/C26H19BrClNO5S/c1-2-33-21-13-17(12-20(27)23(21)34-25(31)18-8-10-19(28)11-9-18)14-22-24(30)29(26(32)35-22)15-16-6-4-3-5-7-16/h3-14H,2,15H2,1H3/b22-14-. The number of hydrogen-bond acceptors (Lipinski definition) is 6. The SMILES string of the molecule is CCOc1cc(/C=C2\SC(=O)N(Cc3ccccc3)C2=O)cc(Br)c1OC(=O)c1ccc(Cl)cc1. The molecule has 3 aromatic rings. The van der Waals surface area contributed by atoms with Gasteiger partial charge in [-0.25, -0.2) is 4.79 Å². The van der Waals surface area contributed by atoms with Crippen molar-refractivity contribution in [2.45, 2.75) is 13.5 Å². The Morgan fingerprint density at radius 3 is 2.49 bits per heavy atom. The molecule has 0 aliphatic carbocycles. The normalized spacial score (nSPS) is 14.5. The monoisotopic (exact) mass is 571 g/mol. The zero-order chi connectivity index (χ0) is 24.9. The van der Waals surface area contributed by atoms with Crippen LogP contribution in [0.1, 0.15) is 28.4 Å². The van der Waals surface area contributed by atoms with Crippen LogP contribution in [-0.2, 0) is 11.3 Å². The van der Waals surface area contributed by atoms with Gasteiger partial charge >= 0.3 is 5.97 Å². The van der Waals surface area contributed by atoms with E-state index in [-0.39, 0.29) is 23.4 Å². The largest absolute Gasteiger partial charge is 0.490 e. The molecule has 2 amide bonds. The average Bonchev–Trinajstić information content (AvgIpc) is 3.09. The zero-order valence-electron chi connectivity index (χ0n) is 18.5. The minimum atomic E-state index is -0.571. The van der Waals surface area contributed by atoms with Crippen LogP contribution in [0.4, 0.5) is 4.79 Å². The van der Waals surface area contributed by atoms with Crippen LogP contribution in [0.5, 0.6) is 11.5 Å². The van der Waals surface area contributed by atoms with Crippen molar-refractivity contribution in [1.82, 2.24) is 4.90 Å². The molecule has 0 bridgehead atoms. The molecule has 0 N–H and O–H groups in total. The molecule has 0 aromatic heterocycles. The van der Waals surface area contributed by atoms with Crippen molar-refractivity contribution in [3.63, 3.8) is 0 Å². The highest BCUT2D eigenvalue weighted by Crippen LogP contribution is 2.40. The van der Waals surface area contributed by atoms with Crippen LogP contribution >= 0.6 is 39.3 Å². The van der Waals surface area contributed by atoms with E-state index in [4.69, 9.17) is 21.1 Å². The predicted octanol–water partition coefficient (Wildman–Crippen LogP) is 6.96. The molecule has 0 spiro atoms. The molecule has 0 unspecified atom stereocenters. The molecule has 1 saturated heterocycles. The minimum absolute atomic E-state index is 0.205. The van der Waals surface area contributed by atoms with E-state index < -0.39 is 5.97 Å². The van der Waals surface area contributed by atoms with Gasteiger partial charge in [0.2, 0.25) is 0 Å². The molecule has 1 fully saturated rings. The maximum Gasteiger partial charge on any atom is 0.343 e. The molecule has 178 valence electrons. The molecular weight excluding hydrogens is 554 g/mol. The summed E-state index contributed by atoms with van der Waals surface area (Å²) in [4.78, 5) is 39.5. The van der Waals surface area contributed by atoms with Gasteiger partial charge in [0, 0.05) is 5.02 Å². The van der Waals surface area contributed by atoms with Crippen LogP contribution < -0.4 is 9.47 Å². The van der Waals surface area contributed by atoms with E-state index >= 15 is 0 Å². The van der Waals surface area contributed by atoms with Crippen molar-refractivity contribution in [1.29, 1.82) is 0 Å². The number of thioether (sulfide) groups is 1. The Kier molecular flexibility index (Phi) is 7.95. The summed E-state index contributed by atoms with van der Waals surface area (Å²) in [5.74, 6) is -0.408. The van der Waals surface area contributed by atoms with Gasteiger partial charge in [-0.1, -0.05) is 41.9 Å². The molecule has 0 saturated carbocycles. The van der Waals surface area contributed by atoms with Crippen molar-refractivity contribution < 1.29 is 23.9 Å². The van der Waals surface area contributed by atoms with E-state index in [0.29, 0.717) is 37.9 Å². The van der Waals surface area contributed by atoms with Crippen LogP contribution in [0, 0.1) is 0 Å². The fourth-order valence-electron chi connectivity index (χ4n) is 3.32. The highest BCUT2D eigenvalue weighted by molar-refractivity contribution is 9.10. The molecule has 9 heteroatoms. The number of hydrogen-bond donors (Lipinski definition) is 0. The number of carbonyl (C=O) groups is 3. The number of nitrogens with zero attached hydrogens (tertiary/aromatic N) is 1. The lowest BCUT2D eigenvalue weighted by Gasteiger charge is -2.14. The number of benzene rings is 3. The van der Waals surface area contributed by atoms with E-state index in [9.17, 15) is 14.4 Å². The van der Waals surface area contributed by atoms with Gasteiger partial charge in [0.1, 0.15) is 0 Å². The van der Waals surface area contributed by atoms with Crippen molar-refractivity contribution in [2.75, 3.05) is 6.61 Å². The van der Waals surface area contributed by atoms with Crippen LogP contribution in [-0.4, -0.2) is 28.6 Å². The van der Waals surface area contributed by atoms with Crippen LogP contribution in [0.3, 0.4) is 0 Å². The van der Waals surface area contributed by atoms with E-state index in [1.54, 1.807) is 49.4 Å². The van der Waals surface area contributed by atoms with Gasteiger partial charge in [-0.05, 0) is 88.2 Å². The number of halogens is 2. The summed E-state index contributed by atoms with van der Waals surface area (Å²) in [5.41, 5.74) is 1.81. The predicted molar refractivity (Wildman–Crippen MR) is 140 cm³/mol. The van der Waals surface area contributed by atoms with Gasteiger partial charge in [0.05, 0.1) is 28.1 Å². The summed E-state index contributed by atoms with van der Waals surface area (Å²) in [5, 5.41) is 0.179. The second-order valence-corrected chi connectivity index (χ2v) is 9.70. The molecule has 0 radical (unpaired) electrons. The smallest absolute Gasteiger partial charge is 0.343 e. The van der Waals surface area contributed by atoms with Gasteiger partial charge in [-0.3, -0.25) is 14.5 Å². The Bertz CT molecular complexity index is 1310. The Labute approximate surface area is 220 Å². The maximum atomic E-state index is 12.9. The van der Waals surface area contributed by atoms with Crippen LogP contribution in [0.2, 0.25) is 5.02 Å². The van der Waals surface area contributed by atoms with Crippen molar-refractivity contribution in [3.05, 3.63) is 97.8 Å². The van der Waals surface area contributed by atoms with Crippen molar-refractivity contribution in [2.24, 2.45) is 0 Å². The molecule has 35 heavy (non-hydrogen) atoms. The van der Waals surface area contributed by atoms with E-state index in [1.165, 1.54) is 4.90 Å². The Hall–Kier alpha value is -3.07. The maximum absolute atomic E-state index is 12.9. The zero-order valence-corrected chi connectivity index (χ0v) is 21.7. The minimum Gasteiger partial charge on any atom is -0.490 e. The summed E-state index contributed by atoms with van der Waals surface area (Å²) < 4.78 is 11.8. The van der Waals surface area contributed by atoms with Gasteiger partial charge in [-0.2, -0.15) is 0 Å². The molecule has 1 heterocycles. The lowest BCUT2D eigenvalue weighted by molar-refractivity contribution is -0.123. The van der Waals surface area contributed by atoms with Crippen molar-refractivity contribution in [3.8, 4) is 11.5 Å². The van der Waals surface area contributed by atoms with Gasteiger partial charge in [-0.15, -0.1) is 0 Å². The summed E-state index contributed by atoms with van der Waals surface area (Å²) in [6.07, 6.45) is 1.62. The molecule has 0 atom stereocenters. The number of amides is 2. The third-order valence-corrected chi connectivity index (χ3v) is 6.71. The van der Waals surface area contributed by atoms with Gasteiger partial charge < -0.3 is 9.47 Å². The first-order valence-corrected chi connectivity index (χ1v) is 12.6. The molecule has 1 aliphatic rings. The summed E-state index contributed by atoms with van der Waals surface area (Å²) >= 11 is 10.2. The first-order chi connectivity index (χ1) is 16.9. The van der Waals surface area contributed by atoms with E-state index in [1.807, 2.05) is 30.3 Å². The average molecular weight is 573 g/mol. The molecule has 4 rings (SSSR count). The highest BCUT2D eigenvalue weighted by Gasteiger charge is 2.35. The van der Waals surface area contributed by atoms with Crippen LogP contribution in [0.15, 0.2) is 76.1 Å². The fraction of sp³-hybridized carbons (Fsp3) is 0.115. The van der Waals surface area contributed by atoms with E-state index in [2.05, 4.69) is 15.9 Å². The lowest BCUT2D eigenvalue weighted by Crippen LogP contribution is -2.27.